The summed E-state index contributed by atoms with van der Waals surface area (Å²) in [6.07, 6.45) is 3.31. The van der Waals surface area contributed by atoms with E-state index in [1.165, 1.54) is 19.1 Å². The molecule has 0 bridgehead atoms. The molecule has 2 aromatic heterocycles. The van der Waals surface area contributed by atoms with Gasteiger partial charge in [0.05, 0.1) is 5.56 Å². The van der Waals surface area contributed by atoms with E-state index in [2.05, 4.69) is 0 Å². The predicted octanol–water partition coefficient (Wildman–Crippen LogP) is 1.84. The zero-order chi connectivity index (χ0) is 11.0. The number of hydrogen-bond donors (Lipinski definition) is 1. The second-order valence-electron chi connectivity index (χ2n) is 3.34. The first-order valence-corrected chi connectivity index (χ1v) is 4.44. The van der Waals surface area contributed by atoms with Gasteiger partial charge in [-0.3, -0.25) is 4.79 Å². The molecule has 0 fully saturated rings. The van der Waals surface area contributed by atoms with Gasteiger partial charge in [-0.2, -0.15) is 0 Å². The number of aromatic nitrogens is 1. The van der Waals surface area contributed by atoms with Crippen LogP contribution >= 0.6 is 0 Å². The zero-order valence-electron chi connectivity index (χ0n) is 8.10. The summed E-state index contributed by atoms with van der Waals surface area (Å²) >= 11 is 0. The molecular formula is C11H9NO3. The largest absolute Gasteiger partial charge is 0.478 e. The molecule has 0 aliphatic carbocycles. The Labute approximate surface area is 85.8 Å². The number of carboxylic acids is 1. The number of ketones is 1. The van der Waals surface area contributed by atoms with Crippen molar-refractivity contribution in [3.63, 3.8) is 0 Å². The number of carbonyl (C=O) groups excluding carboxylic acids is 1. The Morgan fingerprint density at radius 3 is 2.53 bits per heavy atom. The molecule has 4 heteroatoms. The smallest absolute Gasteiger partial charge is 0.335 e. The van der Waals surface area contributed by atoms with Gasteiger partial charge in [-0.25, -0.2) is 4.79 Å². The second kappa shape index (κ2) is 3.24. The van der Waals surface area contributed by atoms with Crippen LogP contribution in [0.15, 0.2) is 30.6 Å². The van der Waals surface area contributed by atoms with E-state index in [0.29, 0.717) is 11.1 Å². The Hall–Kier alpha value is -2.10. The fraction of sp³-hybridized carbons (Fsp3) is 0.0909. The van der Waals surface area contributed by atoms with Crippen molar-refractivity contribution in [3.8, 4) is 0 Å². The minimum atomic E-state index is -0.969. The van der Waals surface area contributed by atoms with E-state index < -0.39 is 5.97 Å². The van der Waals surface area contributed by atoms with E-state index in [-0.39, 0.29) is 11.3 Å². The minimum Gasteiger partial charge on any atom is -0.478 e. The molecule has 15 heavy (non-hydrogen) atoms. The first kappa shape index (κ1) is 9.45. The van der Waals surface area contributed by atoms with Gasteiger partial charge in [0, 0.05) is 23.5 Å². The highest BCUT2D eigenvalue weighted by Crippen LogP contribution is 2.12. The molecule has 2 aromatic rings. The van der Waals surface area contributed by atoms with Crippen LogP contribution in [0.2, 0.25) is 0 Å². The van der Waals surface area contributed by atoms with Gasteiger partial charge >= 0.3 is 5.97 Å². The van der Waals surface area contributed by atoms with Crippen molar-refractivity contribution in [1.82, 2.24) is 4.40 Å². The predicted molar refractivity (Wildman–Crippen MR) is 54.4 cm³/mol. The van der Waals surface area contributed by atoms with E-state index in [4.69, 9.17) is 5.11 Å². The molecule has 76 valence electrons. The Kier molecular flexibility index (Phi) is 2.04. The molecule has 0 amide bonds. The van der Waals surface area contributed by atoms with E-state index in [1.807, 2.05) is 0 Å². The molecule has 0 aliphatic heterocycles. The maximum atomic E-state index is 11.1. The molecule has 0 atom stereocenters. The SMILES string of the molecule is CC(=O)c1cc2cc(C(=O)O)ccn2c1. The average molecular weight is 203 g/mol. The van der Waals surface area contributed by atoms with E-state index in [1.54, 1.807) is 22.9 Å². The third-order valence-electron chi connectivity index (χ3n) is 2.25. The van der Waals surface area contributed by atoms with Crippen molar-refractivity contribution in [2.75, 3.05) is 0 Å². The van der Waals surface area contributed by atoms with Crippen LogP contribution in [0.3, 0.4) is 0 Å². The molecule has 0 spiro atoms. The lowest BCUT2D eigenvalue weighted by molar-refractivity contribution is 0.0696. The minimum absolute atomic E-state index is 0.0319. The van der Waals surface area contributed by atoms with Gasteiger partial charge in [-0.1, -0.05) is 0 Å². The Morgan fingerprint density at radius 2 is 1.93 bits per heavy atom. The van der Waals surface area contributed by atoms with Crippen molar-refractivity contribution < 1.29 is 14.7 Å². The topological polar surface area (TPSA) is 58.8 Å². The summed E-state index contributed by atoms with van der Waals surface area (Å²) in [6, 6.07) is 4.71. The Balaban J connectivity index is 2.62. The van der Waals surface area contributed by atoms with Crippen LogP contribution in [0.1, 0.15) is 27.6 Å². The van der Waals surface area contributed by atoms with Crippen molar-refractivity contribution in [3.05, 3.63) is 41.7 Å². The lowest BCUT2D eigenvalue weighted by atomic mass is 10.2. The molecule has 2 rings (SSSR count). The number of rotatable bonds is 2. The highest BCUT2D eigenvalue weighted by atomic mass is 16.4. The van der Waals surface area contributed by atoms with Crippen LogP contribution in [0.4, 0.5) is 0 Å². The first-order valence-electron chi connectivity index (χ1n) is 4.44. The number of carboxylic acid groups (broad SMARTS) is 1. The summed E-state index contributed by atoms with van der Waals surface area (Å²) in [5, 5.41) is 8.78. The lowest BCUT2D eigenvalue weighted by Gasteiger charge is -1.95. The summed E-state index contributed by atoms with van der Waals surface area (Å²) in [4.78, 5) is 21.8. The summed E-state index contributed by atoms with van der Waals surface area (Å²) in [6.45, 7) is 1.48. The van der Waals surface area contributed by atoms with Crippen molar-refractivity contribution in [2.45, 2.75) is 6.92 Å². The number of Topliss-reactive ketones (excluding diaryl/α,β-unsaturated/α-hetero) is 1. The summed E-state index contributed by atoms with van der Waals surface area (Å²) in [7, 11) is 0. The number of nitrogens with zero attached hydrogens (tertiary/aromatic N) is 1. The molecule has 0 unspecified atom stereocenters. The maximum absolute atomic E-state index is 11.1. The average Bonchev–Trinajstić information content (AvgIpc) is 2.59. The van der Waals surface area contributed by atoms with Crippen LogP contribution in [-0.2, 0) is 0 Å². The molecule has 0 aromatic carbocycles. The Morgan fingerprint density at radius 1 is 1.27 bits per heavy atom. The highest BCUT2D eigenvalue weighted by Gasteiger charge is 2.07. The van der Waals surface area contributed by atoms with Gasteiger partial charge in [-0.05, 0) is 25.1 Å². The number of hydrogen-bond acceptors (Lipinski definition) is 2. The van der Waals surface area contributed by atoms with Gasteiger partial charge in [-0.15, -0.1) is 0 Å². The summed E-state index contributed by atoms with van der Waals surface area (Å²) in [5.74, 6) is -1.00. The van der Waals surface area contributed by atoms with E-state index in [9.17, 15) is 9.59 Å². The van der Waals surface area contributed by atoms with Crippen LogP contribution in [0.25, 0.3) is 5.52 Å². The summed E-state index contributed by atoms with van der Waals surface area (Å²) in [5.41, 5.74) is 1.51. The van der Waals surface area contributed by atoms with Crippen LogP contribution in [0.5, 0.6) is 0 Å². The molecule has 1 N–H and O–H groups in total. The molecule has 0 saturated heterocycles. The molecular weight excluding hydrogens is 194 g/mol. The normalized spacial score (nSPS) is 10.5. The molecule has 2 heterocycles. The second-order valence-corrected chi connectivity index (χ2v) is 3.34. The van der Waals surface area contributed by atoms with Crippen molar-refractivity contribution >= 4 is 17.3 Å². The first-order chi connectivity index (χ1) is 7.08. The third kappa shape index (κ3) is 1.61. The van der Waals surface area contributed by atoms with Crippen molar-refractivity contribution in [1.29, 1.82) is 0 Å². The molecule has 0 aliphatic rings. The summed E-state index contributed by atoms with van der Waals surface area (Å²) < 4.78 is 1.73. The van der Waals surface area contributed by atoms with Crippen LogP contribution in [0, 0.1) is 0 Å². The number of fused-ring (bicyclic) bond motifs is 1. The van der Waals surface area contributed by atoms with Crippen LogP contribution < -0.4 is 0 Å². The fourth-order valence-corrected chi connectivity index (χ4v) is 1.43. The highest BCUT2D eigenvalue weighted by molar-refractivity contribution is 5.96. The van der Waals surface area contributed by atoms with Gasteiger partial charge in [0.15, 0.2) is 5.78 Å². The third-order valence-corrected chi connectivity index (χ3v) is 2.25. The number of aromatic carboxylic acids is 1. The van der Waals surface area contributed by atoms with Gasteiger partial charge in [0.2, 0.25) is 0 Å². The number of carbonyl (C=O) groups is 2. The quantitative estimate of drug-likeness (QED) is 0.757. The monoisotopic (exact) mass is 203 g/mol. The standard InChI is InChI=1S/C11H9NO3/c1-7(13)9-5-10-4-8(11(14)15)2-3-12(10)6-9/h2-6H,1H3,(H,14,15). The van der Waals surface area contributed by atoms with Gasteiger partial charge < -0.3 is 9.51 Å². The van der Waals surface area contributed by atoms with Crippen LogP contribution in [-0.4, -0.2) is 21.3 Å². The molecule has 0 saturated carbocycles. The number of pyridine rings is 1. The van der Waals surface area contributed by atoms with E-state index >= 15 is 0 Å². The fourth-order valence-electron chi connectivity index (χ4n) is 1.43. The van der Waals surface area contributed by atoms with Gasteiger partial charge in [0.1, 0.15) is 0 Å². The Bertz CT molecular complexity index is 542. The van der Waals surface area contributed by atoms with Gasteiger partial charge in [0.25, 0.3) is 0 Å². The zero-order valence-corrected chi connectivity index (χ0v) is 8.10. The maximum Gasteiger partial charge on any atom is 0.335 e. The lowest BCUT2D eigenvalue weighted by Crippen LogP contribution is -1.96. The molecule has 0 radical (unpaired) electrons. The van der Waals surface area contributed by atoms with E-state index in [0.717, 1.165) is 0 Å². The van der Waals surface area contributed by atoms with Crippen molar-refractivity contribution in [2.24, 2.45) is 0 Å². The molecule has 4 nitrogen and oxygen atoms in total.